The molecule has 2 aliphatic heterocycles. The molecule has 2 heterocycles. The monoisotopic (exact) mass is 313 g/mol. The highest BCUT2D eigenvalue weighted by atomic mass is 32.2. The number of Topliss-reactive ketones (excluding diaryl/α,β-unsaturated/α-hetero) is 1. The Hall–Kier alpha value is -0.0600. The molecule has 0 aromatic carbocycles. The van der Waals surface area contributed by atoms with E-state index in [0.717, 1.165) is 51.6 Å². The molecule has 0 saturated carbocycles. The fourth-order valence-corrected chi connectivity index (χ4v) is 4.89. The maximum absolute atomic E-state index is 12.7. The van der Waals surface area contributed by atoms with Gasteiger partial charge in [0.25, 0.3) is 0 Å². The van der Waals surface area contributed by atoms with Crippen LogP contribution in [-0.4, -0.2) is 35.5 Å². The van der Waals surface area contributed by atoms with Crippen molar-refractivity contribution >= 4 is 17.5 Å². The third kappa shape index (κ3) is 4.97. The number of ether oxygens (including phenoxy) is 1. The Balaban J connectivity index is 1.83. The Morgan fingerprint density at radius 3 is 2.71 bits per heavy atom. The zero-order valence-electron chi connectivity index (χ0n) is 13.6. The summed E-state index contributed by atoms with van der Waals surface area (Å²) in [6.07, 6.45) is 7.21. The summed E-state index contributed by atoms with van der Waals surface area (Å²) in [6, 6.07) is 0.249. The van der Waals surface area contributed by atoms with Gasteiger partial charge in [-0.25, -0.2) is 0 Å². The normalized spacial score (nSPS) is 28.2. The Labute approximate surface area is 133 Å². The van der Waals surface area contributed by atoms with Crippen molar-refractivity contribution in [1.82, 2.24) is 0 Å². The molecule has 0 aromatic heterocycles. The fraction of sp³-hybridized carbons (Fsp3) is 0.941. The maximum atomic E-state index is 12.7. The number of ketones is 1. The lowest BCUT2D eigenvalue weighted by Gasteiger charge is -2.43. The molecule has 0 radical (unpaired) electrons. The van der Waals surface area contributed by atoms with Crippen LogP contribution in [0.2, 0.25) is 0 Å². The summed E-state index contributed by atoms with van der Waals surface area (Å²) in [6.45, 7) is 4.91. The second-order valence-electron chi connectivity index (χ2n) is 7.05. The molecule has 4 heteroatoms. The summed E-state index contributed by atoms with van der Waals surface area (Å²) in [5.74, 6) is 3.25. The third-order valence-electron chi connectivity index (χ3n) is 5.08. The molecule has 2 rings (SSSR count). The highest BCUT2D eigenvalue weighted by Gasteiger charge is 2.41. The topological polar surface area (TPSA) is 52.3 Å². The molecule has 2 N–H and O–H groups in total. The molecule has 0 amide bonds. The molecule has 0 bridgehead atoms. The number of hydrogen-bond acceptors (Lipinski definition) is 4. The molecule has 3 nitrogen and oxygen atoms in total. The van der Waals surface area contributed by atoms with Gasteiger partial charge in [0, 0.05) is 24.5 Å². The van der Waals surface area contributed by atoms with Crippen LogP contribution in [0.3, 0.4) is 0 Å². The lowest BCUT2D eigenvalue weighted by Crippen LogP contribution is -2.45. The van der Waals surface area contributed by atoms with Gasteiger partial charge in [-0.15, -0.1) is 0 Å². The van der Waals surface area contributed by atoms with Crippen LogP contribution in [0.25, 0.3) is 0 Å². The van der Waals surface area contributed by atoms with E-state index in [9.17, 15) is 4.79 Å². The van der Waals surface area contributed by atoms with Crippen molar-refractivity contribution in [3.63, 3.8) is 0 Å². The molecular formula is C17H31NO2S. The van der Waals surface area contributed by atoms with Gasteiger partial charge >= 0.3 is 0 Å². The molecule has 0 aromatic rings. The van der Waals surface area contributed by atoms with E-state index in [0.29, 0.717) is 5.78 Å². The van der Waals surface area contributed by atoms with Crippen LogP contribution in [0.1, 0.15) is 58.8 Å². The highest BCUT2D eigenvalue weighted by Crippen LogP contribution is 2.40. The average Bonchev–Trinajstić information content (AvgIpc) is 2.47. The third-order valence-corrected chi connectivity index (χ3v) is 6.07. The number of hydrogen-bond donors (Lipinski definition) is 1. The molecule has 2 saturated heterocycles. The first-order valence-electron chi connectivity index (χ1n) is 8.53. The number of carbonyl (C=O) groups excluding carboxylic acids is 1. The minimum atomic E-state index is 0.0231. The van der Waals surface area contributed by atoms with Crippen LogP contribution in [0.15, 0.2) is 0 Å². The molecule has 2 aliphatic rings. The van der Waals surface area contributed by atoms with Crippen molar-refractivity contribution in [3.8, 4) is 0 Å². The molecule has 1 spiro atoms. The number of thioether (sulfide) groups is 1. The summed E-state index contributed by atoms with van der Waals surface area (Å²) in [4.78, 5) is 12.7. The predicted molar refractivity (Wildman–Crippen MR) is 89.6 cm³/mol. The van der Waals surface area contributed by atoms with Gasteiger partial charge in [-0.1, -0.05) is 13.3 Å². The van der Waals surface area contributed by atoms with E-state index < -0.39 is 0 Å². The molecule has 2 fully saturated rings. The quantitative estimate of drug-likeness (QED) is 0.816. The van der Waals surface area contributed by atoms with E-state index in [2.05, 4.69) is 6.92 Å². The Morgan fingerprint density at radius 1 is 1.33 bits per heavy atom. The van der Waals surface area contributed by atoms with E-state index in [1.807, 2.05) is 18.7 Å². The van der Waals surface area contributed by atoms with Crippen molar-refractivity contribution < 1.29 is 9.53 Å². The van der Waals surface area contributed by atoms with Crippen LogP contribution in [0.4, 0.5) is 0 Å². The van der Waals surface area contributed by atoms with Gasteiger partial charge in [-0.2, -0.15) is 11.8 Å². The molecule has 0 aliphatic carbocycles. The largest absolute Gasteiger partial charge is 0.375 e. The van der Waals surface area contributed by atoms with E-state index in [4.69, 9.17) is 10.5 Å². The summed E-state index contributed by atoms with van der Waals surface area (Å²) in [7, 11) is 0. The molecule has 21 heavy (non-hydrogen) atoms. The van der Waals surface area contributed by atoms with Crippen LogP contribution < -0.4 is 5.73 Å². The van der Waals surface area contributed by atoms with Gasteiger partial charge in [0.05, 0.1) is 5.60 Å². The van der Waals surface area contributed by atoms with E-state index >= 15 is 0 Å². The number of rotatable bonds is 6. The summed E-state index contributed by atoms with van der Waals surface area (Å²) in [5, 5.41) is 0. The lowest BCUT2D eigenvalue weighted by molar-refractivity contribution is -0.141. The Kier molecular flexibility index (Phi) is 6.57. The van der Waals surface area contributed by atoms with Gasteiger partial charge in [0.1, 0.15) is 5.78 Å². The van der Waals surface area contributed by atoms with E-state index in [1.165, 1.54) is 11.5 Å². The van der Waals surface area contributed by atoms with Crippen LogP contribution in [0, 0.1) is 11.8 Å². The van der Waals surface area contributed by atoms with Crippen molar-refractivity contribution in [2.75, 3.05) is 18.1 Å². The van der Waals surface area contributed by atoms with Gasteiger partial charge in [-0.3, -0.25) is 4.79 Å². The van der Waals surface area contributed by atoms with E-state index in [1.54, 1.807) is 0 Å². The van der Waals surface area contributed by atoms with Crippen molar-refractivity contribution in [1.29, 1.82) is 0 Å². The Morgan fingerprint density at radius 2 is 2.05 bits per heavy atom. The minimum Gasteiger partial charge on any atom is -0.375 e. The van der Waals surface area contributed by atoms with Gasteiger partial charge in [0.15, 0.2) is 0 Å². The second-order valence-corrected chi connectivity index (χ2v) is 8.27. The first kappa shape index (κ1) is 17.3. The van der Waals surface area contributed by atoms with Gasteiger partial charge in [0.2, 0.25) is 0 Å². The fourth-order valence-electron chi connectivity index (χ4n) is 3.65. The lowest BCUT2D eigenvalue weighted by atomic mass is 9.77. The predicted octanol–water partition coefficient (Wildman–Crippen LogP) is 3.40. The average molecular weight is 314 g/mol. The second kappa shape index (κ2) is 7.98. The highest BCUT2D eigenvalue weighted by molar-refractivity contribution is 7.99. The smallest absolute Gasteiger partial charge is 0.138 e. The van der Waals surface area contributed by atoms with E-state index in [-0.39, 0.29) is 23.5 Å². The molecule has 3 atom stereocenters. The van der Waals surface area contributed by atoms with Crippen LogP contribution in [0.5, 0.6) is 0 Å². The zero-order chi connectivity index (χ0) is 15.3. The number of carbonyl (C=O) groups is 1. The molecule has 122 valence electrons. The van der Waals surface area contributed by atoms with Crippen LogP contribution >= 0.6 is 11.8 Å². The minimum absolute atomic E-state index is 0.0231. The summed E-state index contributed by atoms with van der Waals surface area (Å²) >= 11 is 2.02. The van der Waals surface area contributed by atoms with Crippen molar-refractivity contribution in [2.45, 2.75) is 70.4 Å². The maximum Gasteiger partial charge on any atom is 0.138 e. The summed E-state index contributed by atoms with van der Waals surface area (Å²) in [5.41, 5.74) is 5.81. The van der Waals surface area contributed by atoms with Gasteiger partial charge < -0.3 is 10.5 Å². The molecule has 3 unspecified atom stereocenters. The molecular weight excluding hydrogens is 282 g/mol. The number of nitrogens with two attached hydrogens (primary N) is 1. The van der Waals surface area contributed by atoms with Crippen molar-refractivity contribution in [2.24, 2.45) is 17.6 Å². The SMILES string of the molecule is CC(N)CCCC(C)C(=O)C1CCOC2(CCSCC2)C1. The first-order chi connectivity index (χ1) is 10.0. The zero-order valence-corrected chi connectivity index (χ0v) is 14.4. The Bertz CT molecular complexity index is 334. The first-order valence-corrected chi connectivity index (χ1v) is 9.69. The van der Waals surface area contributed by atoms with Gasteiger partial charge in [-0.05, 0) is 57.0 Å². The van der Waals surface area contributed by atoms with Crippen molar-refractivity contribution in [3.05, 3.63) is 0 Å². The van der Waals surface area contributed by atoms with Crippen LogP contribution in [-0.2, 0) is 9.53 Å². The summed E-state index contributed by atoms with van der Waals surface area (Å²) < 4.78 is 6.10. The standard InChI is InChI=1S/C17H31NO2S/c1-13(4-3-5-14(2)18)16(19)15-6-9-20-17(12-15)7-10-21-11-8-17/h13-15H,3-12,18H2,1-2H3.